The van der Waals surface area contributed by atoms with Crippen molar-refractivity contribution in [2.75, 3.05) is 11.9 Å². The van der Waals surface area contributed by atoms with Gasteiger partial charge in [0.25, 0.3) is 0 Å². The Morgan fingerprint density at radius 2 is 2.29 bits per heavy atom. The molecule has 2 aromatic heterocycles. The van der Waals surface area contributed by atoms with Crippen molar-refractivity contribution in [2.45, 2.75) is 39.7 Å². The Balaban J connectivity index is 1.78. The second-order valence-electron chi connectivity index (χ2n) is 4.38. The maximum Gasteiger partial charge on any atom is 0.306 e. The van der Waals surface area contributed by atoms with Crippen LogP contribution in [0, 0.1) is 0 Å². The molecule has 0 bridgehead atoms. The molecule has 2 rings (SSSR count). The highest BCUT2D eigenvalue weighted by atomic mass is 32.1. The number of nitrogens with one attached hydrogen (secondary N) is 1. The smallest absolute Gasteiger partial charge is 0.306 e. The molecular weight excluding hydrogens is 306 g/mol. The van der Waals surface area contributed by atoms with E-state index in [9.17, 15) is 4.79 Å². The molecule has 0 aliphatic carbocycles. The Hall–Kier alpha value is -1.47. The minimum atomic E-state index is -0.171. The highest BCUT2D eigenvalue weighted by Gasteiger charge is 2.07. The number of hydrogen-bond donors (Lipinski definition) is 1. The number of carbonyl (C=O) groups excluding carboxylic acids is 1. The summed E-state index contributed by atoms with van der Waals surface area (Å²) in [5.41, 5.74) is 0.920. The van der Waals surface area contributed by atoms with E-state index in [0.29, 0.717) is 26.0 Å². The van der Waals surface area contributed by atoms with Crippen LogP contribution in [0.3, 0.4) is 0 Å². The van der Waals surface area contributed by atoms with Crippen LogP contribution in [0.25, 0.3) is 0 Å². The summed E-state index contributed by atoms with van der Waals surface area (Å²) in [4.78, 5) is 21.4. The minimum Gasteiger partial charge on any atom is -0.466 e. The Labute approximate surface area is 132 Å². The summed E-state index contributed by atoms with van der Waals surface area (Å²) >= 11 is 3.27. The summed E-state index contributed by atoms with van der Waals surface area (Å²) in [7, 11) is 0. The minimum absolute atomic E-state index is 0.171. The molecule has 7 heteroatoms. The van der Waals surface area contributed by atoms with Crippen LogP contribution in [-0.4, -0.2) is 22.5 Å². The van der Waals surface area contributed by atoms with Crippen LogP contribution in [0.1, 0.15) is 35.8 Å². The van der Waals surface area contributed by atoms with Crippen molar-refractivity contribution >= 4 is 33.8 Å². The van der Waals surface area contributed by atoms with E-state index in [-0.39, 0.29) is 5.97 Å². The van der Waals surface area contributed by atoms with E-state index >= 15 is 0 Å². The molecule has 0 fully saturated rings. The van der Waals surface area contributed by atoms with Gasteiger partial charge in [-0.15, -0.1) is 22.7 Å². The van der Waals surface area contributed by atoms with Crippen molar-refractivity contribution in [3.63, 3.8) is 0 Å². The van der Waals surface area contributed by atoms with Crippen LogP contribution in [0.5, 0.6) is 0 Å². The van der Waals surface area contributed by atoms with Crippen molar-refractivity contribution in [3.05, 3.63) is 27.2 Å². The van der Waals surface area contributed by atoms with Gasteiger partial charge in [-0.2, -0.15) is 0 Å². The third kappa shape index (κ3) is 5.09. The lowest BCUT2D eigenvalue weighted by atomic mass is 10.2. The summed E-state index contributed by atoms with van der Waals surface area (Å²) in [6.45, 7) is 5.05. The van der Waals surface area contributed by atoms with Gasteiger partial charge in [-0.05, 0) is 13.3 Å². The molecule has 5 nitrogen and oxygen atoms in total. The van der Waals surface area contributed by atoms with Crippen LogP contribution in [0.4, 0.5) is 5.13 Å². The maximum atomic E-state index is 11.3. The molecule has 0 saturated heterocycles. The van der Waals surface area contributed by atoms with Gasteiger partial charge in [0, 0.05) is 22.9 Å². The molecule has 0 aliphatic rings. The van der Waals surface area contributed by atoms with Gasteiger partial charge >= 0.3 is 5.97 Å². The van der Waals surface area contributed by atoms with Gasteiger partial charge in [-0.3, -0.25) is 4.79 Å². The summed E-state index contributed by atoms with van der Waals surface area (Å²) in [6, 6.07) is 0. The van der Waals surface area contributed by atoms with Crippen molar-refractivity contribution < 1.29 is 9.53 Å². The number of ether oxygens (including phenoxy) is 1. The van der Waals surface area contributed by atoms with E-state index in [2.05, 4.69) is 22.2 Å². The number of rotatable bonds is 8. The Morgan fingerprint density at radius 1 is 1.43 bits per heavy atom. The molecule has 0 saturated carbocycles. The Morgan fingerprint density at radius 3 is 3.00 bits per heavy atom. The third-order valence-electron chi connectivity index (χ3n) is 2.78. The largest absolute Gasteiger partial charge is 0.466 e. The summed E-state index contributed by atoms with van der Waals surface area (Å²) < 4.78 is 4.90. The molecular formula is C14H19N3O2S2. The van der Waals surface area contributed by atoms with Gasteiger partial charge in [0.15, 0.2) is 5.13 Å². The zero-order valence-electron chi connectivity index (χ0n) is 12.2. The molecule has 1 N–H and O–H groups in total. The predicted octanol–water partition coefficient (Wildman–Crippen LogP) is 3.27. The number of carbonyl (C=O) groups is 1. The van der Waals surface area contributed by atoms with Gasteiger partial charge in [-0.1, -0.05) is 6.92 Å². The quantitative estimate of drug-likeness (QED) is 0.755. The first-order valence-corrected chi connectivity index (χ1v) is 8.68. The number of esters is 1. The molecule has 2 heterocycles. The predicted molar refractivity (Wildman–Crippen MR) is 85.9 cm³/mol. The first-order chi connectivity index (χ1) is 10.2. The second kappa shape index (κ2) is 8.09. The van der Waals surface area contributed by atoms with Crippen molar-refractivity contribution in [1.29, 1.82) is 0 Å². The topological polar surface area (TPSA) is 64.1 Å². The second-order valence-corrected chi connectivity index (χ2v) is 6.43. The third-order valence-corrected chi connectivity index (χ3v) is 4.77. The monoisotopic (exact) mass is 325 g/mol. The number of nitrogens with zero attached hydrogens (tertiary/aromatic N) is 2. The SMILES string of the molecule is CCOC(=O)CCc1csc(NCc2ncc(CC)s2)n1. The zero-order chi connectivity index (χ0) is 15.1. The molecule has 0 aromatic carbocycles. The molecule has 0 radical (unpaired) electrons. The lowest BCUT2D eigenvalue weighted by molar-refractivity contribution is -0.143. The first-order valence-electron chi connectivity index (χ1n) is 6.98. The molecule has 2 aromatic rings. The van der Waals surface area contributed by atoms with Crippen LogP contribution in [0.15, 0.2) is 11.6 Å². The number of aryl methyl sites for hydroxylation is 2. The van der Waals surface area contributed by atoms with Gasteiger partial charge in [0.05, 0.1) is 25.3 Å². The van der Waals surface area contributed by atoms with Gasteiger partial charge in [0.2, 0.25) is 0 Å². The zero-order valence-corrected chi connectivity index (χ0v) is 13.9. The van der Waals surface area contributed by atoms with Crippen LogP contribution < -0.4 is 5.32 Å². The summed E-state index contributed by atoms with van der Waals surface area (Å²) in [5.74, 6) is -0.171. The molecule has 0 spiro atoms. The number of thiazole rings is 2. The highest BCUT2D eigenvalue weighted by Crippen LogP contribution is 2.19. The fraction of sp³-hybridized carbons (Fsp3) is 0.500. The average Bonchev–Trinajstić information content (AvgIpc) is 3.12. The van der Waals surface area contributed by atoms with Crippen molar-refractivity contribution in [3.8, 4) is 0 Å². The van der Waals surface area contributed by atoms with Gasteiger partial charge < -0.3 is 10.1 Å². The molecule has 21 heavy (non-hydrogen) atoms. The summed E-state index contributed by atoms with van der Waals surface area (Å²) in [6.07, 6.45) is 3.94. The standard InChI is InChI=1S/C14H19N3O2S2/c1-3-11-7-15-12(21-11)8-16-14-17-10(9-20-14)5-6-13(18)19-4-2/h7,9H,3-6,8H2,1-2H3,(H,16,17). The van der Waals surface area contributed by atoms with Crippen molar-refractivity contribution in [2.24, 2.45) is 0 Å². The Kier molecular flexibility index (Phi) is 6.13. The fourth-order valence-corrected chi connectivity index (χ4v) is 3.26. The van der Waals surface area contributed by atoms with Gasteiger partial charge in [0.1, 0.15) is 5.01 Å². The molecule has 0 unspecified atom stereocenters. The van der Waals surface area contributed by atoms with Crippen LogP contribution in [0.2, 0.25) is 0 Å². The fourth-order valence-electron chi connectivity index (χ4n) is 1.71. The van der Waals surface area contributed by atoms with E-state index in [0.717, 1.165) is 22.3 Å². The Bertz CT molecular complexity index is 580. The number of hydrogen-bond acceptors (Lipinski definition) is 7. The molecule has 0 amide bonds. The normalized spacial score (nSPS) is 10.6. The van der Waals surface area contributed by atoms with E-state index in [1.165, 1.54) is 4.88 Å². The highest BCUT2D eigenvalue weighted by molar-refractivity contribution is 7.13. The lowest BCUT2D eigenvalue weighted by Crippen LogP contribution is -2.05. The molecule has 0 atom stereocenters. The van der Waals surface area contributed by atoms with E-state index in [1.807, 2.05) is 18.5 Å². The van der Waals surface area contributed by atoms with E-state index in [1.54, 1.807) is 22.7 Å². The van der Waals surface area contributed by atoms with Crippen LogP contribution >= 0.6 is 22.7 Å². The summed E-state index contributed by atoms with van der Waals surface area (Å²) in [5, 5.41) is 7.17. The maximum absolute atomic E-state index is 11.3. The first kappa shape index (κ1) is 15.9. The van der Waals surface area contributed by atoms with Crippen molar-refractivity contribution in [1.82, 2.24) is 9.97 Å². The molecule has 114 valence electrons. The van der Waals surface area contributed by atoms with E-state index < -0.39 is 0 Å². The lowest BCUT2D eigenvalue weighted by Gasteiger charge is -2.00. The molecule has 0 aliphatic heterocycles. The average molecular weight is 325 g/mol. The number of anilines is 1. The van der Waals surface area contributed by atoms with Crippen LogP contribution in [-0.2, 0) is 28.9 Å². The number of aromatic nitrogens is 2. The van der Waals surface area contributed by atoms with Gasteiger partial charge in [-0.25, -0.2) is 9.97 Å². The van der Waals surface area contributed by atoms with E-state index in [4.69, 9.17) is 4.74 Å².